The van der Waals surface area contributed by atoms with E-state index in [0.717, 1.165) is 41.9 Å². The van der Waals surface area contributed by atoms with E-state index in [0.29, 0.717) is 0 Å². The molecule has 5 nitrogen and oxygen atoms in total. The highest BCUT2D eigenvalue weighted by Crippen LogP contribution is 2.07. The maximum atomic E-state index is 5.18. The van der Waals surface area contributed by atoms with Gasteiger partial charge in [-0.2, -0.15) is 11.8 Å². The second-order valence-corrected chi connectivity index (χ2v) is 5.75. The second-order valence-electron chi connectivity index (χ2n) is 4.24. The van der Waals surface area contributed by atoms with E-state index in [4.69, 9.17) is 12.2 Å². The van der Waals surface area contributed by atoms with Gasteiger partial charge in [-0.05, 0) is 26.3 Å². The molecule has 106 valence electrons. The summed E-state index contributed by atoms with van der Waals surface area (Å²) in [5.74, 6) is 1.88. The summed E-state index contributed by atoms with van der Waals surface area (Å²) in [6.07, 6.45) is 5.21. The number of thiocarbonyl (C=S) groups is 1. The number of nitrogens with one attached hydrogen (secondary N) is 2. The van der Waals surface area contributed by atoms with Crippen molar-refractivity contribution in [3.63, 3.8) is 0 Å². The van der Waals surface area contributed by atoms with Crippen LogP contribution >= 0.6 is 24.0 Å². The number of hydrogen-bond donors (Lipinski definition) is 2. The zero-order chi connectivity index (χ0) is 13.9. The molecule has 0 radical (unpaired) electrons. The van der Waals surface area contributed by atoms with E-state index >= 15 is 0 Å². The van der Waals surface area contributed by atoms with E-state index in [1.807, 2.05) is 25.9 Å². The summed E-state index contributed by atoms with van der Waals surface area (Å²) in [6.45, 7) is 2.70. The van der Waals surface area contributed by atoms with Gasteiger partial charge >= 0.3 is 0 Å². The first kappa shape index (κ1) is 16.1. The van der Waals surface area contributed by atoms with Gasteiger partial charge in [0.25, 0.3) is 0 Å². The van der Waals surface area contributed by atoms with Gasteiger partial charge in [0.1, 0.15) is 0 Å². The molecule has 0 saturated heterocycles. The Hall–Kier alpha value is -0.920. The number of aromatic nitrogens is 2. The molecule has 0 aliphatic carbocycles. The predicted octanol–water partition coefficient (Wildman–Crippen LogP) is 0.735. The predicted molar refractivity (Wildman–Crippen MR) is 85.4 cm³/mol. The van der Waals surface area contributed by atoms with Crippen molar-refractivity contribution in [1.29, 1.82) is 0 Å². The quantitative estimate of drug-likeness (QED) is 0.542. The van der Waals surface area contributed by atoms with Crippen molar-refractivity contribution >= 4 is 29.1 Å². The Morgan fingerprint density at radius 2 is 2.11 bits per heavy atom. The first-order valence-corrected chi connectivity index (χ1v) is 7.74. The number of rotatable bonds is 8. The van der Waals surface area contributed by atoms with Gasteiger partial charge in [0, 0.05) is 49.7 Å². The standard InChI is InChI=1S/C12H21N5S2/c1-17(2)7-5-15-12(18)16-6-8-19-10-11-9-13-3-4-14-11/h3-4,9H,5-8,10H2,1-2H3,(H2,15,16,18). The smallest absolute Gasteiger partial charge is 0.166 e. The van der Waals surface area contributed by atoms with Crippen LogP contribution in [0.2, 0.25) is 0 Å². The van der Waals surface area contributed by atoms with E-state index < -0.39 is 0 Å². The molecule has 7 heteroatoms. The summed E-state index contributed by atoms with van der Waals surface area (Å²) in [6, 6.07) is 0. The fraction of sp³-hybridized carbons (Fsp3) is 0.583. The lowest BCUT2D eigenvalue weighted by Gasteiger charge is -2.13. The molecule has 0 aromatic carbocycles. The van der Waals surface area contributed by atoms with E-state index in [-0.39, 0.29) is 0 Å². The molecule has 0 spiro atoms. The van der Waals surface area contributed by atoms with E-state index in [1.54, 1.807) is 18.6 Å². The summed E-state index contributed by atoms with van der Waals surface area (Å²) >= 11 is 6.99. The Morgan fingerprint density at radius 3 is 2.79 bits per heavy atom. The van der Waals surface area contributed by atoms with Crippen molar-refractivity contribution < 1.29 is 0 Å². The molecule has 0 unspecified atom stereocenters. The lowest BCUT2D eigenvalue weighted by atomic mass is 10.5. The van der Waals surface area contributed by atoms with Crippen molar-refractivity contribution in [2.75, 3.05) is 39.5 Å². The molecule has 0 aliphatic rings. The van der Waals surface area contributed by atoms with Crippen molar-refractivity contribution in [3.8, 4) is 0 Å². The summed E-state index contributed by atoms with van der Waals surface area (Å²) < 4.78 is 0. The number of likely N-dealkylation sites (N-methyl/N-ethyl adjacent to an activating group) is 1. The zero-order valence-corrected chi connectivity index (χ0v) is 13.1. The topological polar surface area (TPSA) is 53.1 Å². The molecule has 0 amide bonds. The Morgan fingerprint density at radius 1 is 1.32 bits per heavy atom. The highest BCUT2D eigenvalue weighted by molar-refractivity contribution is 7.98. The van der Waals surface area contributed by atoms with Crippen molar-refractivity contribution in [2.45, 2.75) is 5.75 Å². The molecule has 0 fully saturated rings. The molecule has 0 bridgehead atoms. The zero-order valence-electron chi connectivity index (χ0n) is 11.4. The summed E-state index contributed by atoms with van der Waals surface area (Å²) in [5, 5.41) is 7.08. The van der Waals surface area contributed by atoms with Crippen molar-refractivity contribution in [2.24, 2.45) is 0 Å². The van der Waals surface area contributed by atoms with Crippen LogP contribution in [0.15, 0.2) is 18.6 Å². The van der Waals surface area contributed by atoms with Crippen LogP contribution in [0.4, 0.5) is 0 Å². The minimum absolute atomic E-state index is 0.724. The number of thioether (sulfide) groups is 1. The monoisotopic (exact) mass is 299 g/mol. The third-order valence-electron chi connectivity index (χ3n) is 2.24. The molecule has 1 aromatic heterocycles. The van der Waals surface area contributed by atoms with Crippen LogP contribution < -0.4 is 10.6 Å². The van der Waals surface area contributed by atoms with Gasteiger partial charge < -0.3 is 15.5 Å². The third-order valence-corrected chi connectivity index (χ3v) is 3.52. The molecule has 1 heterocycles. The molecule has 0 saturated carbocycles. The van der Waals surface area contributed by atoms with Crippen molar-refractivity contribution in [3.05, 3.63) is 24.3 Å². The SMILES string of the molecule is CN(C)CCNC(=S)NCCSCc1cnccn1. The molecule has 1 aromatic rings. The Labute approximate surface area is 124 Å². The van der Waals surface area contributed by atoms with Crippen LogP contribution in [0.1, 0.15) is 5.69 Å². The minimum atomic E-state index is 0.724. The highest BCUT2D eigenvalue weighted by atomic mass is 32.2. The number of hydrogen-bond acceptors (Lipinski definition) is 5. The van der Waals surface area contributed by atoms with Crippen LogP contribution in [0.3, 0.4) is 0 Å². The van der Waals surface area contributed by atoms with Gasteiger partial charge in [-0.25, -0.2) is 0 Å². The maximum absolute atomic E-state index is 5.18. The van der Waals surface area contributed by atoms with Gasteiger partial charge in [0.2, 0.25) is 0 Å². The summed E-state index contributed by atoms with van der Waals surface area (Å²) in [4.78, 5) is 10.4. The Balaban J connectivity index is 1.97. The van der Waals surface area contributed by atoms with Gasteiger partial charge in [-0.1, -0.05) is 0 Å². The van der Waals surface area contributed by atoms with Crippen LogP contribution in [-0.2, 0) is 5.75 Å². The number of nitrogens with zero attached hydrogens (tertiary/aromatic N) is 3. The fourth-order valence-electron chi connectivity index (χ4n) is 1.27. The summed E-state index contributed by atoms with van der Waals surface area (Å²) in [7, 11) is 4.09. The van der Waals surface area contributed by atoms with Crippen LogP contribution in [0, 0.1) is 0 Å². The Kier molecular flexibility index (Phi) is 8.44. The van der Waals surface area contributed by atoms with Gasteiger partial charge in [0.05, 0.1) is 5.69 Å². The third kappa shape index (κ3) is 8.74. The molecule has 19 heavy (non-hydrogen) atoms. The van der Waals surface area contributed by atoms with E-state index in [2.05, 4.69) is 25.5 Å². The molecule has 0 aliphatic heterocycles. The Bertz CT molecular complexity index is 358. The molecule has 0 atom stereocenters. The average Bonchev–Trinajstić information content (AvgIpc) is 2.39. The van der Waals surface area contributed by atoms with Gasteiger partial charge in [-0.3, -0.25) is 9.97 Å². The molecule has 1 rings (SSSR count). The molecular weight excluding hydrogens is 278 g/mol. The van der Waals surface area contributed by atoms with Crippen LogP contribution in [-0.4, -0.2) is 59.5 Å². The summed E-state index contributed by atoms with van der Waals surface area (Å²) in [5.41, 5.74) is 1.01. The first-order valence-electron chi connectivity index (χ1n) is 6.17. The van der Waals surface area contributed by atoms with Crippen LogP contribution in [0.5, 0.6) is 0 Å². The lowest BCUT2D eigenvalue weighted by molar-refractivity contribution is 0.412. The molecular formula is C12H21N5S2. The van der Waals surface area contributed by atoms with Crippen molar-refractivity contribution in [1.82, 2.24) is 25.5 Å². The fourth-order valence-corrected chi connectivity index (χ4v) is 2.23. The largest absolute Gasteiger partial charge is 0.362 e. The normalized spacial score (nSPS) is 10.5. The van der Waals surface area contributed by atoms with Gasteiger partial charge in [0.15, 0.2) is 5.11 Å². The highest BCUT2D eigenvalue weighted by Gasteiger charge is 1.97. The molecule has 2 N–H and O–H groups in total. The lowest BCUT2D eigenvalue weighted by Crippen LogP contribution is -2.39. The first-order chi connectivity index (χ1) is 9.18. The van der Waals surface area contributed by atoms with Crippen LogP contribution in [0.25, 0.3) is 0 Å². The minimum Gasteiger partial charge on any atom is -0.362 e. The van der Waals surface area contributed by atoms with Gasteiger partial charge in [-0.15, -0.1) is 0 Å². The van der Waals surface area contributed by atoms with E-state index in [1.165, 1.54) is 0 Å². The maximum Gasteiger partial charge on any atom is 0.166 e. The average molecular weight is 299 g/mol. The van der Waals surface area contributed by atoms with E-state index in [9.17, 15) is 0 Å². The second kappa shape index (κ2) is 9.94.